The second-order valence-electron chi connectivity index (χ2n) is 5.33. The average molecular weight is 307 g/mol. The second kappa shape index (κ2) is 5.77. The Kier molecular flexibility index (Phi) is 4.02. The minimum absolute atomic E-state index is 0.508. The van der Waals surface area contributed by atoms with E-state index in [1.54, 1.807) is 18.2 Å². The van der Waals surface area contributed by atoms with Gasteiger partial charge < -0.3 is 5.11 Å². The number of benzene rings is 2. The Hall–Kier alpha value is -1.02. The molecule has 0 bridgehead atoms. The standard InChI is InChI=1S/C17H16Cl2O/c18-12-8-9-15(16(19)10-12)17(20)14-7-2-1-6-13(14)11-4-3-5-11/h1-2,6-11,17,20H,3-5H2. The smallest absolute Gasteiger partial charge is 0.106 e. The van der Waals surface area contributed by atoms with Crippen LogP contribution in [0.15, 0.2) is 42.5 Å². The molecule has 0 spiro atoms. The third kappa shape index (κ3) is 2.58. The molecule has 2 aromatic carbocycles. The van der Waals surface area contributed by atoms with Crippen LogP contribution >= 0.6 is 23.2 Å². The van der Waals surface area contributed by atoms with Crippen molar-refractivity contribution in [1.29, 1.82) is 0 Å². The van der Waals surface area contributed by atoms with Crippen LogP contribution in [0.1, 0.15) is 48.0 Å². The normalized spacial score (nSPS) is 16.8. The van der Waals surface area contributed by atoms with Crippen LogP contribution in [-0.4, -0.2) is 5.11 Å². The molecular formula is C17H16Cl2O. The summed E-state index contributed by atoms with van der Waals surface area (Å²) in [6.45, 7) is 0. The van der Waals surface area contributed by atoms with Crippen LogP contribution in [0.4, 0.5) is 0 Å². The molecule has 0 heterocycles. The van der Waals surface area contributed by atoms with E-state index in [0.29, 0.717) is 21.5 Å². The van der Waals surface area contributed by atoms with E-state index in [-0.39, 0.29) is 0 Å². The van der Waals surface area contributed by atoms with E-state index in [0.717, 1.165) is 5.56 Å². The zero-order chi connectivity index (χ0) is 14.1. The molecule has 1 unspecified atom stereocenters. The molecular weight excluding hydrogens is 291 g/mol. The minimum atomic E-state index is -0.698. The van der Waals surface area contributed by atoms with Gasteiger partial charge in [-0.25, -0.2) is 0 Å². The molecule has 3 rings (SSSR count). The molecule has 0 aliphatic heterocycles. The third-order valence-electron chi connectivity index (χ3n) is 4.09. The number of aliphatic hydroxyl groups is 1. The number of rotatable bonds is 3. The van der Waals surface area contributed by atoms with Gasteiger partial charge in [0.25, 0.3) is 0 Å². The van der Waals surface area contributed by atoms with Gasteiger partial charge in [0.15, 0.2) is 0 Å². The van der Waals surface area contributed by atoms with Gasteiger partial charge >= 0.3 is 0 Å². The van der Waals surface area contributed by atoms with Crippen molar-refractivity contribution in [3.05, 3.63) is 69.2 Å². The van der Waals surface area contributed by atoms with Crippen molar-refractivity contribution in [3.63, 3.8) is 0 Å². The molecule has 1 aliphatic rings. The summed E-state index contributed by atoms with van der Waals surface area (Å²) in [5.74, 6) is 0.576. The number of aliphatic hydroxyl groups excluding tert-OH is 1. The maximum absolute atomic E-state index is 10.7. The predicted octanol–water partition coefficient (Wildman–Crippen LogP) is 5.34. The highest BCUT2D eigenvalue weighted by Crippen LogP contribution is 2.41. The first-order valence-electron chi connectivity index (χ1n) is 6.88. The van der Waals surface area contributed by atoms with E-state index in [1.807, 2.05) is 18.2 Å². The van der Waals surface area contributed by atoms with Crippen LogP contribution in [0, 0.1) is 0 Å². The summed E-state index contributed by atoms with van der Waals surface area (Å²) in [7, 11) is 0. The largest absolute Gasteiger partial charge is 0.384 e. The Labute approximate surface area is 129 Å². The lowest BCUT2D eigenvalue weighted by molar-refractivity contribution is 0.217. The van der Waals surface area contributed by atoms with E-state index in [9.17, 15) is 5.11 Å². The minimum Gasteiger partial charge on any atom is -0.384 e. The lowest BCUT2D eigenvalue weighted by atomic mass is 9.77. The van der Waals surface area contributed by atoms with Crippen LogP contribution in [0.5, 0.6) is 0 Å². The fourth-order valence-corrected chi connectivity index (χ4v) is 3.25. The van der Waals surface area contributed by atoms with Gasteiger partial charge in [0, 0.05) is 15.6 Å². The fourth-order valence-electron chi connectivity index (χ4n) is 2.74. The van der Waals surface area contributed by atoms with E-state index in [2.05, 4.69) is 6.07 Å². The van der Waals surface area contributed by atoms with Gasteiger partial charge in [0.2, 0.25) is 0 Å². The van der Waals surface area contributed by atoms with Crippen molar-refractivity contribution in [2.75, 3.05) is 0 Å². The van der Waals surface area contributed by atoms with Crippen LogP contribution in [0.25, 0.3) is 0 Å². The molecule has 104 valence electrons. The van der Waals surface area contributed by atoms with Gasteiger partial charge in [-0.15, -0.1) is 0 Å². The van der Waals surface area contributed by atoms with Gasteiger partial charge in [0.05, 0.1) is 0 Å². The molecule has 1 N–H and O–H groups in total. The Morgan fingerprint density at radius 3 is 2.40 bits per heavy atom. The van der Waals surface area contributed by atoms with Crippen molar-refractivity contribution in [2.24, 2.45) is 0 Å². The maximum atomic E-state index is 10.7. The Morgan fingerprint density at radius 2 is 1.75 bits per heavy atom. The molecule has 1 fully saturated rings. The van der Waals surface area contributed by atoms with Gasteiger partial charge in [0.1, 0.15) is 6.10 Å². The van der Waals surface area contributed by atoms with Gasteiger partial charge in [-0.1, -0.05) is 60.0 Å². The van der Waals surface area contributed by atoms with Gasteiger partial charge in [-0.2, -0.15) is 0 Å². The third-order valence-corrected chi connectivity index (χ3v) is 4.66. The quantitative estimate of drug-likeness (QED) is 0.811. The SMILES string of the molecule is OC(c1ccc(Cl)cc1Cl)c1ccccc1C1CCC1. The van der Waals surface area contributed by atoms with E-state index >= 15 is 0 Å². The van der Waals surface area contributed by atoms with Crippen LogP contribution < -0.4 is 0 Å². The van der Waals surface area contributed by atoms with E-state index < -0.39 is 6.10 Å². The van der Waals surface area contributed by atoms with E-state index in [1.165, 1.54) is 24.8 Å². The lowest BCUT2D eigenvalue weighted by Crippen LogP contribution is -2.13. The Morgan fingerprint density at radius 1 is 1.00 bits per heavy atom. The van der Waals surface area contributed by atoms with Crippen molar-refractivity contribution < 1.29 is 5.11 Å². The molecule has 0 amide bonds. The van der Waals surface area contributed by atoms with Crippen molar-refractivity contribution in [2.45, 2.75) is 31.3 Å². The van der Waals surface area contributed by atoms with Crippen molar-refractivity contribution in [1.82, 2.24) is 0 Å². The van der Waals surface area contributed by atoms with E-state index in [4.69, 9.17) is 23.2 Å². The Balaban J connectivity index is 1.99. The highest BCUT2D eigenvalue weighted by Gasteiger charge is 2.25. The summed E-state index contributed by atoms with van der Waals surface area (Å²) in [5, 5.41) is 11.8. The summed E-state index contributed by atoms with van der Waals surface area (Å²) >= 11 is 12.1. The van der Waals surface area contributed by atoms with Crippen LogP contribution in [0.2, 0.25) is 10.0 Å². The van der Waals surface area contributed by atoms with Crippen molar-refractivity contribution in [3.8, 4) is 0 Å². The molecule has 3 heteroatoms. The first-order valence-corrected chi connectivity index (χ1v) is 7.64. The number of hydrogen-bond acceptors (Lipinski definition) is 1. The summed E-state index contributed by atoms with van der Waals surface area (Å²) in [6.07, 6.45) is 2.99. The predicted molar refractivity (Wildman–Crippen MR) is 83.6 cm³/mol. The number of halogens is 2. The second-order valence-corrected chi connectivity index (χ2v) is 6.17. The van der Waals surface area contributed by atoms with Crippen LogP contribution in [-0.2, 0) is 0 Å². The summed E-state index contributed by atoms with van der Waals surface area (Å²) in [6, 6.07) is 13.3. The molecule has 1 saturated carbocycles. The topological polar surface area (TPSA) is 20.2 Å². The first-order chi connectivity index (χ1) is 9.66. The summed E-state index contributed by atoms with van der Waals surface area (Å²) in [4.78, 5) is 0. The highest BCUT2D eigenvalue weighted by atomic mass is 35.5. The molecule has 1 atom stereocenters. The van der Waals surface area contributed by atoms with Gasteiger partial charge in [-0.05, 0) is 42.0 Å². The first kappa shape index (κ1) is 13.9. The van der Waals surface area contributed by atoms with Crippen molar-refractivity contribution >= 4 is 23.2 Å². The summed E-state index contributed by atoms with van der Waals surface area (Å²) < 4.78 is 0. The maximum Gasteiger partial charge on any atom is 0.106 e. The lowest BCUT2D eigenvalue weighted by Gasteiger charge is -2.29. The highest BCUT2D eigenvalue weighted by molar-refractivity contribution is 6.35. The molecule has 2 aromatic rings. The molecule has 0 aromatic heterocycles. The average Bonchev–Trinajstić information content (AvgIpc) is 2.37. The Bertz CT molecular complexity index is 620. The van der Waals surface area contributed by atoms with Gasteiger partial charge in [-0.3, -0.25) is 0 Å². The number of hydrogen-bond donors (Lipinski definition) is 1. The molecule has 1 nitrogen and oxygen atoms in total. The molecule has 1 aliphatic carbocycles. The monoisotopic (exact) mass is 306 g/mol. The molecule has 20 heavy (non-hydrogen) atoms. The zero-order valence-electron chi connectivity index (χ0n) is 11.0. The molecule has 0 radical (unpaired) electrons. The van der Waals surface area contributed by atoms with Crippen LogP contribution in [0.3, 0.4) is 0 Å². The molecule has 0 saturated heterocycles. The zero-order valence-corrected chi connectivity index (χ0v) is 12.5. The fraction of sp³-hybridized carbons (Fsp3) is 0.294. The summed E-state index contributed by atoms with van der Waals surface area (Å²) in [5.41, 5.74) is 2.92.